The number of nitrogens with one attached hydrogen (secondary N) is 1. The van der Waals surface area contributed by atoms with E-state index in [4.69, 9.17) is 0 Å². The minimum absolute atomic E-state index is 0.649. The SMILES string of the molecule is CC(C)CC1CN(Cc2cscn2)CCCN1. The lowest BCUT2D eigenvalue weighted by molar-refractivity contribution is 0.245. The van der Waals surface area contributed by atoms with Crippen molar-refractivity contribution >= 4 is 11.3 Å². The first-order valence-corrected chi connectivity index (χ1v) is 7.51. The molecule has 1 fully saturated rings. The zero-order valence-electron chi connectivity index (χ0n) is 10.9. The normalized spacial score (nSPS) is 22.9. The third kappa shape index (κ3) is 4.37. The molecule has 0 aliphatic carbocycles. The molecular formula is C13H23N3S. The van der Waals surface area contributed by atoms with Gasteiger partial charge in [-0.25, -0.2) is 4.98 Å². The van der Waals surface area contributed by atoms with Gasteiger partial charge in [-0.3, -0.25) is 4.90 Å². The molecule has 0 saturated carbocycles. The fourth-order valence-electron chi connectivity index (χ4n) is 2.49. The average Bonchev–Trinajstić information content (AvgIpc) is 2.66. The van der Waals surface area contributed by atoms with Crippen LogP contribution in [0, 0.1) is 5.92 Å². The topological polar surface area (TPSA) is 28.2 Å². The van der Waals surface area contributed by atoms with Crippen molar-refractivity contribution in [2.24, 2.45) is 5.92 Å². The van der Waals surface area contributed by atoms with Gasteiger partial charge in [0.15, 0.2) is 0 Å². The van der Waals surface area contributed by atoms with Crippen LogP contribution in [0.2, 0.25) is 0 Å². The van der Waals surface area contributed by atoms with E-state index in [-0.39, 0.29) is 0 Å². The van der Waals surface area contributed by atoms with Gasteiger partial charge >= 0.3 is 0 Å². The number of rotatable bonds is 4. The second-order valence-electron chi connectivity index (χ2n) is 5.35. The average molecular weight is 253 g/mol. The summed E-state index contributed by atoms with van der Waals surface area (Å²) >= 11 is 1.69. The van der Waals surface area contributed by atoms with Crippen LogP contribution in [0.1, 0.15) is 32.4 Å². The van der Waals surface area contributed by atoms with Gasteiger partial charge in [0.1, 0.15) is 0 Å². The number of nitrogens with zero attached hydrogens (tertiary/aromatic N) is 2. The van der Waals surface area contributed by atoms with Gasteiger partial charge in [0.05, 0.1) is 11.2 Å². The smallest absolute Gasteiger partial charge is 0.0795 e. The Hall–Kier alpha value is -0.450. The second kappa shape index (κ2) is 6.47. The Morgan fingerprint density at radius 1 is 1.59 bits per heavy atom. The van der Waals surface area contributed by atoms with Gasteiger partial charge in [-0.2, -0.15) is 0 Å². The predicted molar refractivity (Wildman–Crippen MR) is 73.3 cm³/mol. The van der Waals surface area contributed by atoms with E-state index in [9.17, 15) is 0 Å². The molecule has 0 radical (unpaired) electrons. The van der Waals surface area contributed by atoms with Gasteiger partial charge in [0.25, 0.3) is 0 Å². The van der Waals surface area contributed by atoms with Crippen molar-refractivity contribution in [3.05, 3.63) is 16.6 Å². The van der Waals surface area contributed by atoms with Crippen molar-refractivity contribution in [2.45, 2.75) is 39.3 Å². The molecule has 0 amide bonds. The van der Waals surface area contributed by atoms with Crippen LogP contribution < -0.4 is 5.32 Å². The third-order valence-corrected chi connectivity index (χ3v) is 3.82. The number of thiazole rings is 1. The standard InChI is InChI=1S/C13H23N3S/c1-11(2)6-12-7-16(5-3-4-14-12)8-13-9-17-10-15-13/h9-12,14H,3-8H2,1-2H3. The third-order valence-electron chi connectivity index (χ3n) is 3.19. The van der Waals surface area contributed by atoms with Crippen LogP contribution in [-0.2, 0) is 6.54 Å². The number of aromatic nitrogens is 1. The van der Waals surface area contributed by atoms with E-state index in [1.54, 1.807) is 11.3 Å². The summed E-state index contributed by atoms with van der Waals surface area (Å²) < 4.78 is 0. The van der Waals surface area contributed by atoms with Gasteiger partial charge in [0.2, 0.25) is 0 Å². The first-order valence-electron chi connectivity index (χ1n) is 6.57. The maximum atomic E-state index is 4.38. The molecule has 96 valence electrons. The van der Waals surface area contributed by atoms with E-state index in [1.165, 1.54) is 25.1 Å². The molecule has 1 aromatic heterocycles. The van der Waals surface area contributed by atoms with E-state index in [2.05, 4.69) is 34.4 Å². The van der Waals surface area contributed by atoms with E-state index < -0.39 is 0 Å². The number of hydrogen-bond acceptors (Lipinski definition) is 4. The van der Waals surface area contributed by atoms with E-state index in [1.807, 2.05) is 5.51 Å². The van der Waals surface area contributed by atoms with Crippen molar-refractivity contribution < 1.29 is 0 Å². The molecule has 1 atom stereocenters. The van der Waals surface area contributed by atoms with E-state index in [0.717, 1.165) is 25.6 Å². The zero-order chi connectivity index (χ0) is 12.1. The Morgan fingerprint density at radius 2 is 2.47 bits per heavy atom. The maximum Gasteiger partial charge on any atom is 0.0795 e. The van der Waals surface area contributed by atoms with Crippen LogP contribution in [0.25, 0.3) is 0 Å². The Morgan fingerprint density at radius 3 is 3.18 bits per heavy atom. The molecule has 3 nitrogen and oxygen atoms in total. The highest BCUT2D eigenvalue weighted by atomic mass is 32.1. The van der Waals surface area contributed by atoms with Crippen LogP contribution >= 0.6 is 11.3 Å². The molecule has 2 heterocycles. The minimum atomic E-state index is 0.649. The summed E-state index contributed by atoms with van der Waals surface area (Å²) in [6.45, 7) is 9.13. The predicted octanol–water partition coefficient (Wildman–Crippen LogP) is 2.35. The van der Waals surface area contributed by atoms with Crippen LogP contribution in [0.15, 0.2) is 10.9 Å². The molecule has 1 aliphatic heterocycles. The van der Waals surface area contributed by atoms with Crippen molar-refractivity contribution in [1.82, 2.24) is 15.2 Å². The molecule has 0 spiro atoms. The Bertz CT molecular complexity index is 310. The fraction of sp³-hybridized carbons (Fsp3) is 0.769. The summed E-state index contributed by atoms with van der Waals surface area (Å²) in [7, 11) is 0. The largest absolute Gasteiger partial charge is 0.313 e. The molecule has 1 saturated heterocycles. The van der Waals surface area contributed by atoms with Gasteiger partial charge in [-0.15, -0.1) is 11.3 Å². The summed E-state index contributed by atoms with van der Waals surface area (Å²) in [5.74, 6) is 0.770. The van der Waals surface area contributed by atoms with Gasteiger partial charge in [-0.1, -0.05) is 13.8 Å². The summed E-state index contributed by atoms with van der Waals surface area (Å²) in [5.41, 5.74) is 3.15. The molecule has 17 heavy (non-hydrogen) atoms. The fourth-order valence-corrected chi connectivity index (χ4v) is 3.04. The van der Waals surface area contributed by atoms with Crippen molar-refractivity contribution in [1.29, 1.82) is 0 Å². The Balaban J connectivity index is 1.88. The molecule has 0 aromatic carbocycles. The van der Waals surface area contributed by atoms with Crippen molar-refractivity contribution in [3.8, 4) is 0 Å². The molecule has 1 unspecified atom stereocenters. The molecule has 1 N–H and O–H groups in total. The molecule has 2 rings (SSSR count). The van der Waals surface area contributed by atoms with Crippen LogP contribution in [0.5, 0.6) is 0 Å². The Kier molecular flexibility index (Phi) is 4.95. The first-order chi connectivity index (χ1) is 8.24. The van der Waals surface area contributed by atoms with Crippen molar-refractivity contribution in [2.75, 3.05) is 19.6 Å². The maximum absolute atomic E-state index is 4.38. The molecule has 1 aromatic rings. The summed E-state index contributed by atoms with van der Waals surface area (Å²) in [5, 5.41) is 5.83. The number of hydrogen-bond donors (Lipinski definition) is 1. The molecule has 4 heteroatoms. The van der Waals surface area contributed by atoms with Crippen LogP contribution in [0.4, 0.5) is 0 Å². The lowest BCUT2D eigenvalue weighted by atomic mass is 10.0. The summed E-state index contributed by atoms with van der Waals surface area (Å²) in [4.78, 5) is 6.93. The lowest BCUT2D eigenvalue weighted by Crippen LogP contribution is -2.38. The Labute approximate surface area is 108 Å². The van der Waals surface area contributed by atoms with Crippen LogP contribution in [-0.4, -0.2) is 35.6 Å². The van der Waals surface area contributed by atoms with E-state index in [0.29, 0.717) is 6.04 Å². The van der Waals surface area contributed by atoms with Crippen LogP contribution in [0.3, 0.4) is 0 Å². The molecule has 1 aliphatic rings. The lowest BCUT2D eigenvalue weighted by Gasteiger charge is -2.24. The van der Waals surface area contributed by atoms with E-state index >= 15 is 0 Å². The molecule has 0 bridgehead atoms. The monoisotopic (exact) mass is 253 g/mol. The second-order valence-corrected chi connectivity index (χ2v) is 6.07. The van der Waals surface area contributed by atoms with Gasteiger partial charge in [0, 0.05) is 24.5 Å². The van der Waals surface area contributed by atoms with Gasteiger partial charge < -0.3 is 5.32 Å². The highest BCUT2D eigenvalue weighted by molar-refractivity contribution is 7.07. The highest BCUT2D eigenvalue weighted by Crippen LogP contribution is 2.12. The van der Waals surface area contributed by atoms with Gasteiger partial charge in [-0.05, 0) is 31.8 Å². The quantitative estimate of drug-likeness (QED) is 0.893. The highest BCUT2D eigenvalue weighted by Gasteiger charge is 2.18. The molecular weight excluding hydrogens is 230 g/mol. The first kappa shape index (κ1) is 13.0. The van der Waals surface area contributed by atoms with Crippen molar-refractivity contribution in [3.63, 3.8) is 0 Å². The summed E-state index contributed by atoms with van der Waals surface area (Å²) in [6, 6.07) is 0.649. The summed E-state index contributed by atoms with van der Waals surface area (Å²) in [6.07, 6.45) is 2.52. The minimum Gasteiger partial charge on any atom is -0.313 e. The zero-order valence-corrected chi connectivity index (χ0v) is 11.7.